The van der Waals surface area contributed by atoms with Crippen molar-refractivity contribution in [1.82, 2.24) is 10.6 Å². The van der Waals surface area contributed by atoms with Gasteiger partial charge in [0.2, 0.25) is 0 Å². The zero-order valence-electron chi connectivity index (χ0n) is 13.9. The molecule has 1 amide bonds. The summed E-state index contributed by atoms with van der Waals surface area (Å²) in [5, 5.41) is 8.01. The van der Waals surface area contributed by atoms with E-state index in [2.05, 4.69) is 10.6 Å². The molecule has 3 aromatic rings. The van der Waals surface area contributed by atoms with Crippen molar-refractivity contribution in [2.24, 2.45) is 0 Å². The van der Waals surface area contributed by atoms with Crippen LogP contribution in [-0.4, -0.2) is 18.1 Å². The number of thiophene rings is 1. The van der Waals surface area contributed by atoms with Gasteiger partial charge in [0.25, 0.3) is 5.91 Å². The van der Waals surface area contributed by atoms with Gasteiger partial charge in [-0.15, -0.1) is 11.3 Å². The molecular formula is C18H13Cl3N2O2S2. The predicted octanol–water partition coefficient (Wildman–Crippen LogP) is 5.67. The number of halogens is 3. The van der Waals surface area contributed by atoms with E-state index in [9.17, 15) is 4.79 Å². The highest BCUT2D eigenvalue weighted by Gasteiger charge is 2.18. The molecule has 2 N–H and O–H groups in total. The van der Waals surface area contributed by atoms with Crippen LogP contribution in [0.15, 0.2) is 36.4 Å². The van der Waals surface area contributed by atoms with Crippen LogP contribution < -0.4 is 15.4 Å². The quantitative estimate of drug-likeness (QED) is 0.493. The SMILES string of the molecule is COc1ccc2c(Cl)c(C(=O)NC(=S)NCc3ccc(Cl)cc3Cl)sc2c1. The molecule has 1 aromatic heterocycles. The van der Waals surface area contributed by atoms with E-state index in [1.807, 2.05) is 12.1 Å². The van der Waals surface area contributed by atoms with Crippen molar-refractivity contribution in [3.05, 3.63) is 61.9 Å². The second kappa shape index (κ2) is 8.63. The molecule has 140 valence electrons. The van der Waals surface area contributed by atoms with E-state index in [1.165, 1.54) is 11.3 Å². The molecule has 0 atom stereocenters. The molecular weight excluding hydrogens is 447 g/mol. The van der Waals surface area contributed by atoms with Crippen molar-refractivity contribution in [2.45, 2.75) is 6.54 Å². The van der Waals surface area contributed by atoms with Crippen molar-refractivity contribution in [1.29, 1.82) is 0 Å². The number of fused-ring (bicyclic) bond motifs is 1. The molecule has 4 nitrogen and oxygen atoms in total. The van der Waals surface area contributed by atoms with Gasteiger partial charge in [-0.05, 0) is 48.1 Å². The number of thiocarbonyl (C=S) groups is 1. The highest BCUT2D eigenvalue weighted by molar-refractivity contribution is 7.80. The van der Waals surface area contributed by atoms with Gasteiger partial charge in [0, 0.05) is 26.7 Å². The van der Waals surface area contributed by atoms with Crippen molar-refractivity contribution in [2.75, 3.05) is 7.11 Å². The van der Waals surface area contributed by atoms with Crippen LogP contribution in [0.2, 0.25) is 15.1 Å². The van der Waals surface area contributed by atoms with Crippen LogP contribution in [0.25, 0.3) is 10.1 Å². The van der Waals surface area contributed by atoms with Crippen LogP contribution in [0, 0.1) is 0 Å². The van der Waals surface area contributed by atoms with Gasteiger partial charge in [0.15, 0.2) is 5.11 Å². The number of amides is 1. The highest BCUT2D eigenvalue weighted by atomic mass is 35.5. The molecule has 2 aromatic carbocycles. The summed E-state index contributed by atoms with van der Waals surface area (Å²) in [6.45, 7) is 0.354. The van der Waals surface area contributed by atoms with Gasteiger partial charge in [-0.3, -0.25) is 10.1 Å². The lowest BCUT2D eigenvalue weighted by atomic mass is 10.2. The smallest absolute Gasteiger partial charge is 0.269 e. The number of ether oxygens (including phenoxy) is 1. The van der Waals surface area contributed by atoms with Crippen LogP contribution in [0.3, 0.4) is 0 Å². The lowest BCUT2D eigenvalue weighted by Gasteiger charge is -2.10. The van der Waals surface area contributed by atoms with E-state index in [-0.39, 0.29) is 11.0 Å². The summed E-state index contributed by atoms with van der Waals surface area (Å²) in [7, 11) is 1.58. The number of rotatable bonds is 4. The van der Waals surface area contributed by atoms with Gasteiger partial charge >= 0.3 is 0 Å². The molecule has 0 bridgehead atoms. The van der Waals surface area contributed by atoms with Gasteiger partial charge in [-0.25, -0.2) is 0 Å². The summed E-state index contributed by atoms with van der Waals surface area (Å²) in [5.74, 6) is 0.323. The number of nitrogens with one attached hydrogen (secondary N) is 2. The first-order valence-corrected chi connectivity index (χ1v) is 10.0. The lowest BCUT2D eigenvalue weighted by Crippen LogP contribution is -2.38. The first-order valence-electron chi connectivity index (χ1n) is 7.68. The standard InChI is InChI=1S/C18H13Cl3N2O2S2/c1-25-11-4-5-12-14(7-11)27-16(15(12)21)17(24)23-18(26)22-8-9-2-3-10(19)6-13(9)20/h2-7H,8H2,1H3,(H2,22,23,24,26). The van der Waals surface area contributed by atoms with Crippen LogP contribution in [0.4, 0.5) is 0 Å². The molecule has 0 fully saturated rings. The Kier molecular flexibility index (Phi) is 6.44. The first-order chi connectivity index (χ1) is 12.9. The Morgan fingerprint density at radius 2 is 1.96 bits per heavy atom. The zero-order chi connectivity index (χ0) is 19.6. The summed E-state index contributed by atoms with van der Waals surface area (Å²) in [5.41, 5.74) is 0.810. The van der Waals surface area contributed by atoms with Gasteiger partial charge < -0.3 is 10.1 Å². The number of hydrogen-bond donors (Lipinski definition) is 2. The zero-order valence-corrected chi connectivity index (χ0v) is 17.8. The third-order valence-corrected chi connectivity index (χ3v) is 6.21. The minimum absolute atomic E-state index is 0.178. The average molecular weight is 460 g/mol. The Balaban J connectivity index is 1.68. The maximum atomic E-state index is 12.5. The fourth-order valence-electron chi connectivity index (χ4n) is 2.36. The average Bonchev–Trinajstić information content (AvgIpc) is 2.97. The molecule has 0 aliphatic heterocycles. The van der Waals surface area contributed by atoms with Crippen molar-refractivity contribution in [3.63, 3.8) is 0 Å². The Hall–Kier alpha value is -1.57. The molecule has 0 unspecified atom stereocenters. The normalized spacial score (nSPS) is 10.7. The Morgan fingerprint density at radius 3 is 2.67 bits per heavy atom. The largest absolute Gasteiger partial charge is 0.497 e. The number of methoxy groups -OCH3 is 1. The second-order valence-electron chi connectivity index (χ2n) is 5.48. The summed E-state index contributed by atoms with van der Waals surface area (Å²) in [4.78, 5) is 12.9. The Labute approximate surface area is 180 Å². The van der Waals surface area contributed by atoms with Gasteiger partial charge in [0.1, 0.15) is 10.6 Å². The maximum absolute atomic E-state index is 12.5. The minimum atomic E-state index is -0.375. The summed E-state index contributed by atoms with van der Waals surface area (Å²) in [6.07, 6.45) is 0. The van der Waals surface area contributed by atoms with E-state index >= 15 is 0 Å². The first kappa shape index (κ1) is 20.2. The summed E-state index contributed by atoms with van der Waals surface area (Å²) >= 11 is 24.8. The van der Waals surface area contributed by atoms with E-state index in [0.29, 0.717) is 32.2 Å². The third kappa shape index (κ3) is 4.65. The van der Waals surface area contributed by atoms with E-state index in [4.69, 9.17) is 51.8 Å². The van der Waals surface area contributed by atoms with Gasteiger partial charge in [-0.2, -0.15) is 0 Å². The van der Waals surface area contributed by atoms with Crippen LogP contribution in [-0.2, 0) is 6.54 Å². The lowest BCUT2D eigenvalue weighted by molar-refractivity contribution is 0.0981. The molecule has 1 heterocycles. The third-order valence-electron chi connectivity index (χ3n) is 3.72. The number of carbonyl (C=O) groups excluding carboxylic acids is 1. The molecule has 0 radical (unpaired) electrons. The minimum Gasteiger partial charge on any atom is -0.497 e. The Bertz CT molecular complexity index is 1040. The fraction of sp³-hybridized carbons (Fsp3) is 0.111. The van der Waals surface area contributed by atoms with E-state index < -0.39 is 0 Å². The van der Waals surface area contributed by atoms with Crippen molar-refractivity contribution < 1.29 is 9.53 Å². The Morgan fingerprint density at radius 1 is 1.19 bits per heavy atom. The van der Waals surface area contributed by atoms with E-state index in [1.54, 1.807) is 31.4 Å². The summed E-state index contributed by atoms with van der Waals surface area (Å²) < 4.78 is 6.06. The van der Waals surface area contributed by atoms with Crippen LogP contribution in [0.1, 0.15) is 15.2 Å². The monoisotopic (exact) mass is 458 g/mol. The van der Waals surface area contributed by atoms with E-state index in [0.717, 1.165) is 15.6 Å². The number of hydrogen-bond acceptors (Lipinski definition) is 4. The molecule has 0 saturated heterocycles. The molecule has 3 rings (SSSR count). The molecule has 9 heteroatoms. The summed E-state index contributed by atoms with van der Waals surface area (Å²) in [6, 6.07) is 10.6. The van der Waals surface area contributed by atoms with Gasteiger partial charge in [0.05, 0.1) is 12.1 Å². The molecule has 0 aliphatic rings. The van der Waals surface area contributed by atoms with Crippen molar-refractivity contribution >= 4 is 79.5 Å². The number of benzene rings is 2. The molecule has 0 aliphatic carbocycles. The molecule has 0 spiro atoms. The number of carbonyl (C=O) groups is 1. The fourth-order valence-corrected chi connectivity index (χ4v) is 4.44. The molecule has 27 heavy (non-hydrogen) atoms. The van der Waals surface area contributed by atoms with Crippen molar-refractivity contribution in [3.8, 4) is 5.75 Å². The predicted molar refractivity (Wildman–Crippen MR) is 117 cm³/mol. The topological polar surface area (TPSA) is 50.4 Å². The van der Waals surface area contributed by atoms with Crippen LogP contribution >= 0.6 is 58.4 Å². The second-order valence-corrected chi connectivity index (χ2v) is 8.16. The molecule has 0 saturated carbocycles. The maximum Gasteiger partial charge on any atom is 0.269 e. The highest BCUT2D eigenvalue weighted by Crippen LogP contribution is 2.37. The van der Waals surface area contributed by atoms with Crippen LogP contribution in [0.5, 0.6) is 5.75 Å². The van der Waals surface area contributed by atoms with Gasteiger partial charge in [-0.1, -0.05) is 40.9 Å².